The number of phenolic OH excluding ortho intramolecular Hbond substituents is 1. The van der Waals surface area contributed by atoms with Crippen molar-refractivity contribution >= 4 is 29.2 Å². The molecule has 2 saturated heterocycles. The summed E-state index contributed by atoms with van der Waals surface area (Å²) in [6.45, 7) is 0. The topological polar surface area (TPSA) is 106 Å². The van der Waals surface area contributed by atoms with E-state index in [0.29, 0.717) is 22.5 Å². The molecule has 178 valence electrons. The number of esters is 1. The first kappa shape index (κ1) is 22.4. The number of anilines is 2. The first-order valence-electron chi connectivity index (χ1n) is 10.9. The van der Waals surface area contributed by atoms with E-state index in [0.717, 1.165) is 4.90 Å². The van der Waals surface area contributed by atoms with Gasteiger partial charge in [-0.3, -0.25) is 14.4 Å². The summed E-state index contributed by atoms with van der Waals surface area (Å²) in [4.78, 5) is 46.0. The van der Waals surface area contributed by atoms with E-state index >= 15 is 0 Å². The molecule has 3 aromatic carbocycles. The maximum absolute atomic E-state index is 13.7. The fourth-order valence-electron chi connectivity index (χ4n) is 4.55. The average molecular weight is 474 g/mol. The van der Waals surface area contributed by atoms with Crippen molar-refractivity contribution in [1.82, 2.24) is 0 Å². The van der Waals surface area contributed by atoms with Gasteiger partial charge in [-0.05, 0) is 54.1 Å². The zero-order chi connectivity index (χ0) is 24.7. The van der Waals surface area contributed by atoms with E-state index in [1.807, 2.05) is 30.3 Å². The number of hydroxylamine groups is 1. The minimum atomic E-state index is -1.05. The first-order valence-corrected chi connectivity index (χ1v) is 10.9. The number of phenols is 1. The molecule has 0 unspecified atom stereocenters. The Balaban J connectivity index is 1.55. The third-order valence-corrected chi connectivity index (χ3v) is 6.22. The summed E-state index contributed by atoms with van der Waals surface area (Å²) in [5.74, 6) is -2.10. The van der Waals surface area contributed by atoms with Crippen molar-refractivity contribution < 1.29 is 33.8 Å². The van der Waals surface area contributed by atoms with E-state index in [1.165, 1.54) is 44.6 Å². The van der Waals surface area contributed by atoms with Crippen molar-refractivity contribution in [1.29, 1.82) is 0 Å². The van der Waals surface area contributed by atoms with Gasteiger partial charge < -0.3 is 14.6 Å². The molecule has 0 radical (unpaired) electrons. The normalized spacial score (nSPS) is 21.3. The molecule has 2 amide bonds. The fourth-order valence-corrected chi connectivity index (χ4v) is 4.55. The molecule has 0 aromatic heterocycles. The Morgan fingerprint density at radius 2 is 1.63 bits per heavy atom. The average Bonchev–Trinajstić information content (AvgIpc) is 3.40. The van der Waals surface area contributed by atoms with Crippen LogP contribution in [0.1, 0.15) is 22.0 Å². The predicted octanol–water partition coefficient (Wildman–Crippen LogP) is 3.24. The standard InChI is InChI=1S/C26H22N2O7/c1-33-20-14-16(10-13-19(20)29)22-21-23(35-28(22)18-6-4-3-5-7-18)25(31)27(24(21)30)17-11-8-15(9-12-17)26(32)34-2/h3-14,21-23,29H,1-2H3/t21-,22+,23-/m1/s1. The molecule has 0 spiro atoms. The van der Waals surface area contributed by atoms with Crippen molar-refractivity contribution in [2.45, 2.75) is 12.1 Å². The number of carbonyl (C=O) groups is 3. The number of imide groups is 1. The van der Waals surface area contributed by atoms with Crippen LogP contribution in [0.15, 0.2) is 72.8 Å². The van der Waals surface area contributed by atoms with Crippen molar-refractivity contribution in [3.8, 4) is 11.5 Å². The molecule has 2 aliphatic heterocycles. The van der Waals surface area contributed by atoms with Crippen LogP contribution in [0.25, 0.3) is 0 Å². The molecule has 1 N–H and O–H groups in total. The summed E-state index contributed by atoms with van der Waals surface area (Å²) >= 11 is 0. The van der Waals surface area contributed by atoms with Crippen LogP contribution in [0.3, 0.4) is 0 Å². The van der Waals surface area contributed by atoms with Crippen LogP contribution in [-0.4, -0.2) is 43.2 Å². The number of hydrogen-bond acceptors (Lipinski definition) is 8. The lowest BCUT2D eigenvalue weighted by molar-refractivity contribution is -0.126. The Morgan fingerprint density at radius 3 is 2.29 bits per heavy atom. The van der Waals surface area contributed by atoms with Gasteiger partial charge in [0.15, 0.2) is 17.6 Å². The minimum absolute atomic E-state index is 0.0425. The van der Waals surface area contributed by atoms with Crippen LogP contribution in [0.4, 0.5) is 11.4 Å². The number of hydrogen-bond donors (Lipinski definition) is 1. The second kappa shape index (κ2) is 8.77. The maximum Gasteiger partial charge on any atom is 0.337 e. The smallest absolute Gasteiger partial charge is 0.337 e. The van der Waals surface area contributed by atoms with Crippen molar-refractivity contribution in [3.63, 3.8) is 0 Å². The Hall–Kier alpha value is -4.37. The highest BCUT2D eigenvalue weighted by atomic mass is 16.7. The van der Waals surface area contributed by atoms with E-state index in [4.69, 9.17) is 14.3 Å². The molecule has 35 heavy (non-hydrogen) atoms. The van der Waals surface area contributed by atoms with E-state index in [2.05, 4.69) is 0 Å². The summed E-state index contributed by atoms with van der Waals surface area (Å²) in [6.07, 6.45) is -1.05. The highest BCUT2D eigenvalue weighted by Gasteiger charge is 2.60. The van der Waals surface area contributed by atoms with Crippen LogP contribution in [0.2, 0.25) is 0 Å². The number of carbonyl (C=O) groups excluding carboxylic acids is 3. The molecule has 0 saturated carbocycles. The van der Waals surface area contributed by atoms with E-state index in [1.54, 1.807) is 17.2 Å². The molecule has 0 aliphatic carbocycles. The number of ether oxygens (including phenoxy) is 2. The number of aromatic hydroxyl groups is 1. The monoisotopic (exact) mass is 474 g/mol. The van der Waals surface area contributed by atoms with Gasteiger partial charge in [-0.1, -0.05) is 24.3 Å². The molecule has 0 bridgehead atoms. The molecule has 5 rings (SSSR count). The first-order chi connectivity index (χ1) is 16.9. The molecular weight excluding hydrogens is 452 g/mol. The second-order valence-corrected chi connectivity index (χ2v) is 8.14. The van der Waals surface area contributed by atoms with E-state index in [9.17, 15) is 19.5 Å². The molecular formula is C26H22N2O7. The lowest BCUT2D eigenvalue weighted by Gasteiger charge is -2.29. The summed E-state index contributed by atoms with van der Waals surface area (Å²) in [5.41, 5.74) is 1.95. The zero-order valence-corrected chi connectivity index (χ0v) is 19.0. The molecule has 3 atom stereocenters. The van der Waals surface area contributed by atoms with Gasteiger partial charge in [0.2, 0.25) is 5.91 Å². The third kappa shape index (κ3) is 3.66. The Kier molecular flexibility index (Phi) is 5.62. The van der Waals surface area contributed by atoms with Crippen molar-refractivity contribution in [3.05, 3.63) is 83.9 Å². The Labute approximate surface area is 201 Å². The molecule has 9 nitrogen and oxygen atoms in total. The summed E-state index contributed by atoms with van der Waals surface area (Å²) in [6, 6.07) is 19.3. The minimum Gasteiger partial charge on any atom is -0.504 e. The van der Waals surface area contributed by atoms with E-state index in [-0.39, 0.29) is 11.5 Å². The highest BCUT2D eigenvalue weighted by Crippen LogP contribution is 2.48. The maximum atomic E-state index is 13.7. The van der Waals surface area contributed by atoms with Gasteiger partial charge >= 0.3 is 5.97 Å². The van der Waals surface area contributed by atoms with Gasteiger partial charge in [-0.25, -0.2) is 14.8 Å². The molecule has 2 fully saturated rings. The van der Waals surface area contributed by atoms with Crippen LogP contribution in [0, 0.1) is 5.92 Å². The largest absolute Gasteiger partial charge is 0.504 e. The summed E-state index contributed by atoms with van der Waals surface area (Å²) in [7, 11) is 2.71. The number of para-hydroxylation sites is 1. The van der Waals surface area contributed by atoms with Gasteiger partial charge in [0.25, 0.3) is 5.91 Å². The lowest BCUT2D eigenvalue weighted by Crippen LogP contribution is -2.37. The third-order valence-electron chi connectivity index (χ3n) is 6.22. The van der Waals surface area contributed by atoms with E-state index < -0.39 is 35.8 Å². The van der Waals surface area contributed by atoms with Gasteiger partial charge in [-0.15, -0.1) is 0 Å². The SMILES string of the molecule is COC(=O)c1ccc(N2C(=O)[C@H]3[C@@H](ON(c4ccccc4)[C@H]3c3ccc(O)c(OC)c3)C2=O)cc1. The van der Waals surface area contributed by atoms with Gasteiger partial charge in [0.1, 0.15) is 5.92 Å². The Morgan fingerprint density at radius 1 is 0.914 bits per heavy atom. The quantitative estimate of drug-likeness (QED) is 0.444. The number of methoxy groups -OCH3 is 2. The fraction of sp³-hybridized carbons (Fsp3) is 0.192. The predicted molar refractivity (Wildman–Crippen MR) is 125 cm³/mol. The zero-order valence-electron chi connectivity index (χ0n) is 19.0. The summed E-state index contributed by atoms with van der Waals surface area (Å²) < 4.78 is 9.97. The molecule has 3 aromatic rings. The van der Waals surface area contributed by atoms with Crippen LogP contribution >= 0.6 is 0 Å². The summed E-state index contributed by atoms with van der Waals surface area (Å²) in [5, 5.41) is 11.6. The van der Waals surface area contributed by atoms with Crippen molar-refractivity contribution in [2.75, 3.05) is 24.2 Å². The lowest BCUT2D eigenvalue weighted by atomic mass is 9.90. The van der Waals surface area contributed by atoms with Crippen molar-refractivity contribution in [2.24, 2.45) is 5.92 Å². The molecule has 9 heteroatoms. The van der Waals surface area contributed by atoms with Gasteiger partial charge in [0, 0.05) is 0 Å². The van der Waals surface area contributed by atoms with Crippen LogP contribution < -0.4 is 14.7 Å². The van der Waals surface area contributed by atoms with Crippen LogP contribution in [-0.2, 0) is 19.2 Å². The number of rotatable bonds is 5. The van der Waals surface area contributed by atoms with Gasteiger partial charge in [0.05, 0.1) is 37.2 Å². The highest BCUT2D eigenvalue weighted by molar-refractivity contribution is 6.24. The number of nitrogens with zero attached hydrogens (tertiary/aromatic N) is 2. The number of fused-ring (bicyclic) bond motifs is 1. The van der Waals surface area contributed by atoms with Crippen LogP contribution in [0.5, 0.6) is 11.5 Å². The second-order valence-electron chi connectivity index (χ2n) is 8.14. The number of amides is 2. The molecule has 2 heterocycles. The van der Waals surface area contributed by atoms with Gasteiger partial charge in [-0.2, -0.15) is 0 Å². The number of benzene rings is 3. The Bertz CT molecular complexity index is 1290. The molecule has 2 aliphatic rings.